The number of aromatic carboxylic acids is 1. The number of amides is 1. The van der Waals surface area contributed by atoms with Crippen LogP contribution in [0.25, 0.3) is 16.7 Å². The Bertz CT molecular complexity index is 1450. The van der Waals surface area contributed by atoms with Crippen LogP contribution < -0.4 is 5.48 Å². The van der Waals surface area contributed by atoms with Gasteiger partial charge in [0.1, 0.15) is 5.92 Å². The summed E-state index contributed by atoms with van der Waals surface area (Å²) in [5, 5.41) is 19.3. The number of hydrogen-bond donors (Lipinski definition) is 3. The first-order chi connectivity index (χ1) is 18.9. The predicted octanol–water partition coefficient (Wildman–Crippen LogP) is 4.40. The van der Waals surface area contributed by atoms with E-state index in [1.54, 1.807) is 41.3 Å². The molecule has 5 rings (SSSR count). The van der Waals surface area contributed by atoms with Crippen LogP contribution in [0, 0.1) is 5.92 Å². The molecule has 1 heterocycles. The number of rotatable bonds is 11. The summed E-state index contributed by atoms with van der Waals surface area (Å²) in [5.41, 5.74) is 5.96. The average molecular weight is 525 g/mol. The summed E-state index contributed by atoms with van der Waals surface area (Å²) in [6, 6.07) is 24.4. The van der Waals surface area contributed by atoms with Crippen molar-refractivity contribution in [2.75, 3.05) is 13.1 Å². The summed E-state index contributed by atoms with van der Waals surface area (Å²) < 4.78 is 0. The van der Waals surface area contributed by atoms with Crippen LogP contribution in [-0.4, -0.2) is 51.6 Å². The molecule has 3 aromatic rings. The SMILES string of the molecule is O=C(O)c1ccc(-c2ccccc2)cc1CONCCCN1C(=O)C12C=C(c1ccccc1)C=CC2C(=O)O. The molecular formula is C31H28N2O6. The van der Waals surface area contributed by atoms with Gasteiger partial charge in [-0.1, -0.05) is 78.9 Å². The monoisotopic (exact) mass is 524 g/mol. The number of carbonyl (C=O) groups excluding carboxylic acids is 1. The maximum atomic E-state index is 12.9. The highest BCUT2D eigenvalue weighted by Gasteiger charge is 2.67. The highest BCUT2D eigenvalue weighted by molar-refractivity contribution is 6.11. The van der Waals surface area contributed by atoms with Gasteiger partial charge in [0, 0.05) is 13.1 Å². The first-order valence-corrected chi connectivity index (χ1v) is 12.7. The minimum absolute atomic E-state index is 0.0456. The standard InChI is InChI=1S/C31H28N2O6/c34-28(35)26-14-12-23(21-8-3-1-4-9-21)18-25(26)20-39-32-16-7-17-33-30(38)31(33)19-24(13-15-27(31)29(36)37)22-10-5-2-6-11-22/h1-6,8-15,18-19,27,32H,7,16-17,20H2,(H,34,35)(H,36,37). The third-order valence-electron chi connectivity index (χ3n) is 7.11. The van der Waals surface area contributed by atoms with E-state index >= 15 is 0 Å². The van der Waals surface area contributed by atoms with E-state index in [1.165, 1.54) is 0 Å². The van der Waals surface area contributed by atoms with Crippen molar-refractivity contribution in [3.63, 3.8) is 0 Å². The summed E-state index contributed by atoms with van der Waals surface area (Å²) in [5.74, 6) is -3.24. The van der Waals surface area contributed by atoms with E-state index in [-0.39, 0.29) is 18.1 Å². The van der Waals surface area contributed by atoms with Gasteiger partial charge < -0.3 is 15.1 Å². The zero-order valence-corrected chi connectivity index (χ0v) is 21.1. The Morgan fingerprint density at radius 3 is 2.28 bits per heavy atom. The van der Waals surface area contributed by atoms with Crippen molar-refractivity contribution in [2.45, 2.75) is 18.6 Å². The molecule has 1 aliphatic carbocycles. The summed E-state index contributed by atoms with van der Waals surface area (Å²) >= 11 is 0. The van der Waals surface area contributed by atoms with E-state index in [9.17, 15) is 24.6 Å². The molecule has 2 atom stereocenters. The number of allylic oxidation sites excluding steroid dienone is 2. The molecule has 1 spiro atoms. The molecule has 2 unspecified atom stereocenters. The molecule has 3 aromatic carbocycles. The van der Waals surface area contributed by atoms with Crippen molar-refractivity contribution in [2.24, 2.45) is 5.92 Å². The molecule has 1 aliphatic heterocycles. The first kappa shape index (κ1) is 26.1. The van der Waals surface area contributed by atoms with Crippen LogP contribution in [-0.2, 0) is 21.0 Å². The molecule has 8 nitrogen and oxygen atoms in total. The second-order valence-electron chi connectivity index (χ2n) is 9.50. The molecule has 8 heteroatoms. The minimum atomic E-state index is -1.18. The number of carboxylic acid groups (broad SMARTS) is 2. The molecule has 3 N–H and O–H groups in total. The highest BCUT2D eigenvalue weighted by Crippen LogP contribution is 2.47. The van der Waals surface area contributed by atoms with Crippen molar-refractivity contribution in [1.29, 1.82) is 0 Å². The fourth-order valence-corrected chi connectivity index (χ4v) is 5.07. The average Bonchev–Trinajstić information content (AvgIpc) is 3.50. The molecule has 0 aromatic heterocycles. The minimum Gasteiger partial charge on any atom is -0.481 e. The van der Waals surface area contributed by atoms with Crippen LogP contribution in [0.3, 0.4) is 0 Å². The number of carbonyl (C=O) groups is 3. The van der Waals surface area contributed by atoms with Gasteiger partial charge in [0.15, 0.2) is 5.54 Å². The van der Waals surface area contributed by atoms with Crippen molar-refractivity contribution >= 4 is 23.4 Å². The first-order valence-electron chi connectivity index (χ1n) is 12.7. The summed E-state index contributed by atoms with van der Waals surface area (Å²) in [7, 11) is 0. The molecule has 0 saturated carbocycles. The Balaban J connectivity index is 1.18. The number of benzene rings is 3. The van der Waals surface area contributed by atoms with E-state index in [0.717, 1.165) is 22.3 Å². The van der Waals surface area contributed by atoms with E-state index < -0.39 is 23.4 Å². The normalized spacial score (nSPS) is 19.7. The number of hydrogen-bond acceptors (Lipinski definition) is 5. The van der Waals surface area contributed by atoms with Crippen LogP contribution in [0.15, 0.2) is 97.1 Å². The largest absolute Gasteiger partial charge is 0.481 e. The topological polar surface area (TPSA) is 116 Å². The van der Waals surface area contributed by atoms with Gasteiger partial charge in [-0.3, -0.25) is 14.4 Å². The van der Waals surface area contributed by atoms with Crippen molar-refractivity contribution in [3.8, 4) is 11.1 Å². The highest BCUT2D eigenvalue weighted by atomic mass is 16.6. The van der Waals surface area contributed by atoms with Crippen LogP contribution in [0.2, 0.25) is 0 Å². The van der Waals surface area contributed by atoms with E-state index in [4.69, 9.17) is 4.84 Å². The number of carboxylic acids is 2. The van der Waals surface area contributed by atoms with Gasteiger partial charge in [0.05, 0.1) is 12.2 Å². The third-order valence-corrected chi connectivity index (χ3v) is 7.11. The lowest BCUT2D eigenvalue weighted by Gasteiger charge is -2.22. The molecular weight excluding hydrogens is 496 g/mol. The Hall–Kier alpha value is -4.53. The van der Waals surface area contributed by atoms with E-state index in [1.807, 2.05) is 60.7 Å². The lowest BCUT2D eigenvalue weighted by Crippen LogP contribution is -2.35. The predicted molar refractivity (Wildman–Crippen MR) is 145 cm³/mol. The van der Waals surface area contributed by atoms with E-state index in [0.29, 0.717) is 25.1 Å². The molecule has 39 heavy (non-hydrogen) atoms. The van der Waals surface area contributed by atoms with Gasteiger partial charge in [0.25, 0.3) is 5.91 Å². The Morgan fingerprint density at radius 1 is 0.923 bits per heavy atom. The molecule has 0 bridgehead atoms. The zero-order valence-electron chi connectivity index (χ0n) is 21.1. The van der Waals surface area contributed by atoms with Crippen LogP contribution in [0.4, 0.5) is 0 Å². The van der Waals surface area contributed by atoms with Gasteiger partial charge in [-0.25, -0.2) is 10.3 Å². The fraction of sp³-hybridized carbons (Fsp3) is 0.194. The Morgan fingerprint density at radius 2 is 1.62 bits per heavy atom. The number of hydroxylamine groups is 1. The lowest BCUT2D eigenvalue weighted by atomic mass is 9.83. The Kier molecular flexibility index (Phi) is 7.40. The van der Waals surface area contributed by atoms with Crippen molar-refractivity contribution < 1.29 is 29.4 Å². The van der Waals surface area contributed by atoms with E-state index in [2.05, 4.69) is 5.48 Å². The number of nitrogens with one attached hydrogen (secondary N) is 1. The summed E-state index contributed by atoms with van der Waals surface area (Å²) in [6.45, 7) is 0.794. The summed E-state index contributed by atoms with van der Waals surface area (Å²) in [6.07, 6.45) is 5.64. The molecule has 1 amide bonds. The van der Waals surface area contributed by atoms with Gasteiger partial charge in [-0.05, 0) is 52.5 Å². The number of nitrogens with zero attached hydrogens (tertiary/aromatic N) is 1. The third kappa shape index (κ3) is 5.25. The zero-order chi connectivity index (χ0) is 27.4. The Labute approximate surface area is 225 Å². The van der Waals surface area contributed by atoms with Crippen LogP contribution in [0.5, 0.6) is 0 Å². The second kappa shape index (κ2) is 11.1. The second-order valence-corrected chi connectivity index (χ2v) is 9.50. The maximum Gasteiger partial charge on any atom is 0.336 e. The van der Waals surface area contributed by atoms with Gasteiger partial charge >= 0.3 is 11.9 Å². The quantitative estimate of drug-likeness (QED) is 0.193. The van der Waals surface area contributed by atoms with Crippen LogP contribution in [0.1, 0.15) is 27.9 Å². The lowest BCUT2D eigenvalue weighted by molar-refractivity contribution is -0.141. The fourth-order valence-electron chi connectivity index (χ4n) is 5.07. The molecule has 1 fully saturated rings. The summed E-state index contributed by atoms with van der Waals surface area (Å²) in [4.78, 5) is 43.7. The van der Waals surface area contributed by atoms with Gasteiger partial charge in [-0.2, -0.15) is 0 Å². The molecule has 198 valence electrons. The van der Waals surface area contributed by atoms with Crippen molar-refractivity contribution in [3.05, 3.63) is 114 Å². The smallest absolute Gasteiger partial charge is 0.336 e. The van der Waals surface area contributed by atoms with Gasteiger partial charge in [-0.15, -0.1) is 0 Å². The number of aliphatic carboxylic acids is 1. The van der Waals surface area contributed by atoms with Crippen molar-refractivity contribution in [1.82, 2.24) is 10.4 Å². The van der Waals surface area contributed by atoms with Crippen LogP contribution >= 0.6 is 0 Å². The molecule has 1 saturated heterocycles. The molecule has 2 aliphatic rings. The molecule has 0 radical (unpaired) electrons. The van der Waals surface area contributed by atoms with Gasteiger partial charge in [0.2, 0.25) is 0 Å². The maximum absolute atomic E-state index is 12.9.